The third-order valence-electron chi connectivity index (χ3n) is 5.28. The van der Waals surface area contributed by atoms with E-state index < -0.39 is 0 Å². The average molecular weight is 265 g/mol. The maximum Gasteiger partial charge on any atom is 0.228 e. The molecule has 4 atom stereocenters. The molecule has 0 N–H and O–H groups in total. The summed E-state index contributed by atoms with van der Waals surface area (Å²) < 4.78 is 5.84. The summed E-state index contributed by atoms with van der Waals surface area (Å²) in [4.78, 5) is 14.8. The summed E-state index contributed by atoms with van der Waals surface area (Å²) in [6, 6.07) is 0. The van der Waals surface area contributed by atoms with Crippen LogP contribution >= 0.6 is 0 Å². The van der Waals surface area contributed by atoms with Crippen LogP contribution in [0.2, 0.25) is 0 Å². The van der Waals surface area contributed by atoms with E-state index in [0.717, 1.165) is 31.8 Å². The second-order valence-corrected chi connectivity index (χ2v) is 6.63. The maximum absolute atomic E-state index is 12.7. The van der Waals surface area contributed by atoms with Crippen LogP contribution in [0.3, 0.4) is 0 Å². The predicted octanol–water partition coefficient (Wildman–Crippen LogP) is 2.98. The first-order chi connectivity index (χ1) is 9.28. The molecule has 3 aliphatic heterocycles. The zero-order valence-corrected chi connectivity index (χ0v) is 12.1. The Morgan fingerprint density at radius 3 is 2.79 bits per heavy atom. The zero-order chi connectivity index (χ0) is 13.2. The molecule has 3 heteroatoms. The summed E-state index contributed by atoms with van der Waals surface area (Å²) in [7, 11) is 0. The Labute approximate surface area is 116 Å². The summed E-state index contributed by atoms with van der Waals surface area (Å²) in [5.74, 6) is 1.42. The highest BCUT2D eigenvalue weighted by Gasteiger charge is 2.45. The molecule has 3 saturated heterocycles. The molecule has 3 fully saturated rings. The van der Waals surface area contributed by atoms with Gasteiger partial charge in [-0.2, -0.15) is 0 Å². The molecule has 0 spiro atoms. The molecule has 0 aromatic carbocycles. The molecule has 3 aliphatic rings. The van der Waals surface area contributed by atoms with E-state index in [2.05, 4.69) is 11.8 Å². The van der Waals surface area contributed by atoms with Crippen LogP contribution in [-0.2, 0) is 9.53 Å². The Hall–Kier alpha value is -0.570. The summed E-state index contributed by atoms with van der Waals surface area (Å²) in [6.45, 7) is 4.23. The minimum atomic E-state index is 0.182. The van der Waals surface area contributed by atoms with Crippen LogP contribution in [0.25, 0.3) is 0 Å². The van der Waals surface area contributed by atoms with Gasteiger partial charge < -0.3 is 9.64 Å². The van der Waals surface area contributed by atoms with Gasteiger partial charge in [-0.25, -0.2) is 0 Å². The number of fused-ring (bicyclic) bond motifs is 2. The van der Waals surface area contributed by atoms with Crippen molar-refractivity contribution in [1.29, 1.82) is 0 Å². The number of hydrogen-bond donors (Lipinski definition) is 0. The fraction of sp³-hybridized carbons (Fsp3) is 0.938. The van der Waals surface area contributed by atoms with E-state index in [9.17, 15) is 4.79 Å². The summed E-state index contributed by atoms with van der Waals surface area (Å²) in [6.07, 6.45) is 10.2. The van der Waals surface area contributed by atoms with E-state index in [1.54, 1.807) is 0 Å². The Morgan fingerprint density at radius 1 is 1.21 bits per heavy atom. The SMILES string of the molecule is CCC[C@@H]1CCCN(C(=O)[C@H]2C[C@H]3CC[C@H]2O3)CC1. The van der Waals surface area contributed by atoms with Crippen molar-refractivity contribution in [3.8, 4) is 0 Å². The molecule has 3 heterocycles. The van der Waals surface area contributed by atoms with Gasteiger partial charge >= 0.3 is 0 Å². The third kappa shape index (κ3) is 2.81. The summed E-state index contributed by atoms with van der Waals surface area (Å²) in [5.41, 5.74) is 0. The van der Waals surface area contributed by atoms with Gasteiger partial charge in [0.2, 0.25) is 5.91 Å². The first-order valence-electron chi connectivity index (χ1n) is 8.22. The molecule has 19 heavy (non-hydrogen) atoms. The van der Waals surface area contributed by atoms with E-state index in [1.165, 1.54) is 38.5 Å². The van der Waals surface area contributed by atoms with Gasteiger partial charge in [0.25, 0.3) is 0 Å². The number of likely N-dealkylation sites (tertiary alicyclic amines) is 1. The van der Waals surface area contributed by atoms with Crippen LogP contribution in [0.15, 0.2) is 0 Å². The number of amides is 1. The highest BCUT2D eigenvalue weighted by Crippen LogP contribution is 2.40. The molecule has 0 aliphatic carbocycles. The fourth-order valence-corrected chi connectivity index (χ4v) is 4.21. The van der Waals surface area contributed by atoms with Crippen LogP contribution in [-0.4, -0.2) is 36.1 Å². The second-order valence-electron chi connectivity index (χ2n) is 6.63. The van der Waals surface area contributed by atoms with Crippen molar-refractivity contribution in [3.05, 3.63) is 0 Å². The standard InChI is InChI=1S/C16H27NO2/c1-2-4-12-5-3-9-17(10-8-12)16(18)14-11-13-6-7-15(14)19-13/h12-15H,2-11H2,1H3/t12-,13-,14+,15-/m1/s1. The van der Waals surface area contributed by atoms with Crippen molar-refractivity contribution in [2.45, 2.75) is 70.5 Å². The van der Waals surface area contributed by atoms with Gasteiger partial charge in [0, 0.05) is 13.1 Å². The van der Waals surface area contributed by atoms with E-state index >= 15 is 0 Å². The van der Waals surface area contributed by atoms with Gasteiger partial charge in [0.15, 0.2) is 0 Å². The number of carbonyl (C=O) groups is 1. The molecule has 0 unspecified atom stereocenters. The normalized spacial score (nSPS) is 38.5. The topological polar surface area (TPSA) is 29.5 Å². The highest BCUT2D eigenvalue weighted by molar-refractivity contribution is 5.80. The lowest BCUT2D eigenvalue weighted by atomic mass is 9.88. The second kappa shape index (κ2) is 5.82. The van der Waals surface area contributed by atoms with E-state index in [0.29, 0.717) is 12.0 Å². The number of rotatable bonds is 3. The van der Waals surface area contributed by atoms with Crippen molar-refractivity contribution < 1.29 is 9.53 Å². The lowest BCUT2D eigenvalue weighted by Crippen LogP contribution is -2.40. The predicted molar refractivity (Wildman–Crippen MR) is 74.8 cm³/mol. The molecule has 1 amide bonds. The van der Waals surface area contributed by atoms with Gasteiger partial charge in [0.05, 0.1) is 18.1 Å². The highest BCUT2D eigenvalue weighted by atomic mass is 16.5. The van der Waals surface area contributed by atoms with Gasteiger partial charge in [-0.05, 0) is 44.4 Å². The van der Waals surface area contributed by atoms with Crippen LogP contribution in [0.1, 0.15) is 58.3 Å². The number of hydrogen-bond acceptors (Lipinski definition) is 2. The molecule has 3 nitrogen and oxygen atoms in total. The first-order valence-corrected chi connectivity index (χ1v) is 8.22. The third-order valence-corrected chi connectivity index (χ3v) is 5.28. The van der Waals surface area contributed by atoms with Crippen LogP contribution in [0.5, 0.6) is 0 Å². The molecular weight excluding hydrogens is 238 g/mol. The van der Waals surface area contributed by atoms with E-state index in [4.69, 9.17) is 4.74 Å². The van der Waals surface area contributed by atoms with Crippen LogP contribution in [0.4, 0.5) is 0 Å². The number of nitrogens with zero attached hydrogens (tertiary/aromatic N) is 1. The maximum atomic E-state index is 12.7. The Kier molecular flexibility index (Phi) is 4.11. The fourth-order valence-electron chi connectivity index (χ4n) is 4.21. The van der Waals surface area contributed by atoms with E-state index in [1.807, 2.05) is 0 Å². The van der Waals surface area contributed by atoms with Crippen molar-refractivity contribution in [1.82, 2.24) is 4.90 Å². The van der Waals surface area contributed by atoms with Gasteiger partial charge in [-0.3, -0.25) is 4.79 Å². The number of carbonyl (C=O) groups excluding carboxylic acids is 1. The summed E-state index contributed by atoms with van der Waals surface area (Å²) >= 11 is 0. The van der Waals surface area contributed by atoms with Crippen molar-refractivity contribution in [2.75, 3.05) is 13.1 Å². The summed E-state index contributed by atoms with van der Waals surface area (Å²) in [5, 5.41) is 0. The molecule has 0 radical (unpaired) electrons. The van der Waals surface area contributed by atoms with E-state index in [-0.39, 0.29) is 12.0 Å². The van der Waals surface area contributed by atoms with Crippen LogP contribution in [0, 0.1) is 11.8 Å². The van der Waals surface area contributed by atoms with Gasteiger partial charge in [-0.1, -0.05) is 19.8 Å². The molecule has 2 bridgehead atoms. The monoisotopic (exact) mass is 265 g/mol. The Bertz CT molecular complexity index is 331. The molecule has 108 valence electrons. The molecular formula is C16H27NO2. The lowest BCUT2D eigenvalue weighted by Gasteiger charge is -2.27. The zero-order valence-electron chi connectivity index (χ0n) is 12.1. The van der Waals surface area contributed by atoms with Crippen molar-refractivity contribution in [2.24, 2.45) is 11.8 Å². The Balaban J connectivity index is 1.55. The quantitative estimate of drug-likeness (QED) is 0.785. The first kappa shape index (κ1) is 13.4. The average Bonchev–Trinajstić information content (AvgIpc) is 2.97. The molecule has 0 aromatic heterocycles. The molecule has 0 aromatic rings. The van der Waals surface area contributed by atoms with Crippen molar-refractivity contribution >= 4 is 5.91 Å². The van der Waals surface area contributed by atoms with Gasteiger partial charge in [0.1, 0.15) is 0 Å². The smallest absolute Gasteiger partial charge is 0.228 e. The number of ether oxygens (including phenoxy) is 1. The molecule has 0 saturated carbocycles. The minimum Gasteiger partial charge on any atom is -0.374 e. The minimum absolute atomic E-state index is 0.182. The molecule has 3 rings (SSSR count). The Morgan fingerprint density at radius 2 is 2.11 bits per heavy atom. The van der Waals surface area contributed by atoms with Crippen molar-refractivity contribution in [3.63, 3.8) is 0 Å². The largest absolute Gasteiger partial charge is 0.374 e. The van der Waals surface area contributed by atoms with Gasteiger partial charge in [-0.15, -0.1) is 0 Å². The lowest BCUT2D eigenvalue weighted by molar-refractivity contribution is -0.137. The van der Waals surface area contributed by atoms with Crippen LogP contribution < -0.4 is 0 Å².